The Morgan fingerprint density at radius 1 is 1.09 bits per heavy atom. The number of carbonyl (C=O) groups is 1. The fourth-order valence-electron chi connectivity index (χ4n) is 4.53. The topological polar surface area (TPSA) is 88.8 Å². The van der Waals surface area contributed by atoms with Gasteiger partial charge >= 0.3 is 6.18 Å². The van der Waals surface area contributed by atoms with Gasteiger partial charge in [0.1, 0.15) is 22.9 Å². The highest BCUT2D eigenvalue weighted by molar-refractivity contribution is 5.98. The van der Waals surface area contributed by atoms with Gasteiger partial charge in [-0.25, -0.2) is 14.4 Å². The Balaban J connectivity index is 1.37. The van der Waals surface area contributed by atoms with Crippen LogP contribution in [-0.2, 0) is 6.18 Å². The van der Waals surface area contributed by atoms with Crippen molar-refractivity contribution in [3.05, 3.63) is 60.1 Å². The summed E-state index contributed by atoms with van der Waals surface area (Å²) in [5.74, 6) is -0.768. The fraction of sp³-hybridized carbons (Fsp3) is 0.350. The standard InChI is InChI=1S/C20H17F4N7O/c21-12-2-1-3-14(31-27-4-5-28-31)18(12)19(32)30-10-11-6-13(15(30)7-11)29-17-9-25-16(8-26-17)20(22,23)24/h1-5,8-9,11,13,15H,6-7,10H2,(H,26,29)/t11-,13?,15?/m0/s1. The molecule has 12 heteroatoms. The lowest BCUT2D eigenvalue weighted by atomic mass is 10.0. The molecule has 0 spiro atoms. The molecule has 32 heavy (non-hydrogen) atoms. The van der Waals surface area contributed by atoms with Crippen LogP contribution in [0.2, 0.25) is 0 Å². The molecule has 3 atom stereocenters. The molecule has 8 nitrogen and oxygen atoms in total. The molecule has 2 unspecified atom stereocenters. The van der Waals surface area contributed by atoms with Crippen LogP contribution in [0.4, 0.5) is 23.4 Å². The Morgan fingerprint density at radius 3 is 2.53 bits per heavy atom. The van der Waals surface area contributed by atoms with E-state index in [4.69, 9.17) is 0 Å². The number of likely N-dealkylation sites (tertiary alicyclic amines) is 1. The predicted octanol–water partition coefficient (Wildman–Crippen LogP) is 2.93. The van der Waals surface area contributed by atoms with Gasteiger partial charge in [0.15, 0.2) is 5.69 Å². The van der Waals surface area contributed by atoms with Crippen molar-refractivity contribution in [2.75, 3.05) is 11.9 Å². The normalized spacial score (nSPS) is 22.4. The van der Waals surface area contributed by atoms with Gasteiger partial charge in [0.25, 0.3) is 5.91 Å². The smallest absolute Gasteiger partial charge is 0.364 e. The minimum absolute atomic E-state index is 0.121. The third-order valence-corrected chi connectivity index (χ3v) is 5.86. The summed E-state index contributed by atoms with van der Waals surface area (Å²) in [4.78, 5) is 23.4. The molecule has 2 aromatic heterocycles. The molecule has 2 bridgehead atoms. The number of nitrogens with zero attached hydrogens (tertiary/aromatic N) is 6. The summed E-state index contributed by atoms with van der Waals surface area (Å²) in [6.07, 6.45) is 1.43. The second kappa shape index (κ2) is 7.53. The Labute approximate surface area is 179 Å². The first kappa shape index (κ1) is 20.3. The lowest BCUT2D eigenvalue weighted by Gasteiger charge is -2.34. The molecule has 5 rings (SSSR count). The molecule has 2 aliphatic rings. The number of nitrogens with one attached hydrogen (secondary N) is 1. The molecule has 2 fully saturated rings. The molecule has 1 aliphatic heterocycles. The molecule has 1 saturated carbocycles. The molecule has 1 aliphatic carbocycles. The third kappa shape index (κ3) is 3.55. The molecule has 3 heterocycles. The lowest BCUT2D eigenvalue weighted by Crippen LogP contribution is -2.48. The average molecular weight is 447 g/mol. The summed E-state index contributed by atoms with van der Waals surface area (Å²) < 4.78 is 52.8. The second-order valence-electron chi connectivity index (χ2n) is 7.85. The second-order valence-corrected chi connectivity index (χ2v) is 7.85. The van der Waals surface area contributed by atoms with Crippen molar-refractivity contribution in [1.82, 2.24) is 29.9 Å². The first-order valence-corrected chi connectivity index (χ1v) is 9.93. The van der Waals surface area contributed by atoms with Crippen LogP contribution in [0.25, 0.3) is 5.69 Å². The Hall–Kier alpha value is -3.57. The zero-order valence-corrected chi connectivity index (χ0v) is 16.5. The molecular weight excluding hydrogens is 430 g/mol. The zero-order chi connectivity index (χ0) is 22.5. The number of amides is 1. The van der Waals surface area contributed by atoms with Crippen LogP contribution < -0.4 is 5.32 Å². The van der Waals surface area contributed by atoms with E-state index >= 15 is 0 Å². The Bertz CT molecular complexity index is 1130. The predicted molar refractivity (Wildman–Crippen MR) is 103 cm³/mol. The van der Waals surface area contributed by atoms with E-state index in [1.54, 1.807) is 11.0 Å². The monoisotopic (exact) mass is 447 g/mol. The van der Waals surface area contributed by atoms with Crippen LogP contribution >= 0.6 is 0 Å². The van der Waals surface area contributed by atoms with E-state index in [-0.39, 0.29) is 35.1 Å². The van der Waals surface area contributed by atoms with Gasteiger partial charge in [0.05, 0.1) is 30.8 Å². The Kier molecular flexibility index (Phi) is 4.79. The molecule has 1 amide bonds. The SMILES string of the molecule is O=C(c1c(F)cccc1-n1nccn1)N1C[C@H]2CC(Nc3cnc(C(F)(F)F)cn3)C1C2. The Morgan fingerprint density at radius 2 is 1.88 bits per heavy atom. The lowest BCUT2D eigenvalue weighted by molar-refractivity contribution is -0.141. The van der Waals surface area contributed by atoms with Crippen molar-refractivity contribution in [3.8, 4) is 5.69 Å². The number of hydrogen-bond acceptors (Lipinski definition) is 6. The summed E-state index contributed by atoms with van der Waals surface area (Å²) in [6, 6.07) is 3.77. The molecule has 1 aromatic carbocycles. The maximum Gasteiger partial charge on any atom is 0.434 e. The van der Waals surface area contributed by atoms with Crippen LogP contribution in [0.15, 0.2) is 43.0 Å². The number of hydrogen-bond donors (Lipinski definition) is 1. The van der Waals surface area contributed by atoms with E-state index in [0.717, 1.165) is 12.6 Å². The van der Waals surface area contributed by atoms with E-state index in [1.807, 2.05) is 0 Å². The molecule has 1 N–H and O–H groups in total. The molecule has 0 radical (unpaired) electrons. The molecule has 166 valence electrons. The van der Waals surface area contributed by atoms with E-state index in [0.29, 0.717) is 19.2 Å². The summed E-state index contributed by atoms with van der Waals surface area (Å²) in [5, 5.41) is 11.1. The van der Waals surface area contributed by atoms with Gasteiger partial charge in [0.2, 0.25) is 0 Å². The number of carbonyl (C=O) groups excluding carboxylic acids is 1. The summed E-state index contributed by atoms with van der Waals surface area (Å²) in [6.45, 7) is 0.473. The largest absolute Gasteiger partial charge is 0.434 e. The van der Waals surface area contributed by atoms with E-state index in [9.17, 15) is 22.4 Å². The van der Waals surface area contributed by atoms with Crippen molar-refractivity contribution in [2.45, 2.75) is 31.1 Å². The third-order valence-electron chi connectivity index (χ3n) is 5.86. The van der Waals surface area contributed by atoms with Crippen molar-refractivity contribution >= 4 is 11.7 Å². The van der Waals surface area contributed by atoms with Crippen LogP contribution in [0.1, 0.15) is 28.9 Å². The van der Waals surface area contributed by atoms with Crippen LogP contribution in [0, 0.1) is 11.7 Å². The van der Waals surface area contributed by atoms with Gasteiger partial charge in [-0.1, -0.05) is 6.07 Å². The fourth-order valence-corrected chi connectivity index (χ4v) is 4.53. The summed E-state index contributed by atoms with van der Waals surface area (Å²) in [5.41, 5.74) is -0.961. The number of fused-ring (bicyclic) bond motifs is 2. The minimum atomic E-state index is -4.57. The number of benzene rings is 1. The van der Waals surface area contributed by atoms with Crippen molar-refractivity contribution in [2.24, 2.45) is 5.92 Å². The highest BCUT2D eigenvalue weighted by atomic mass is 19.4. The number of aromatic nitrogens is 5. The van der Waals surface area contributed by atoms with Crippen molar-refractivity contribution < 1.29 is 22.4 Å². The van der Waals surface area contributed by atoms with E-state index < -0.39 is 23.6 Å². The summed E-state index contributed by atoms with van der Waals surface area (Å²) >= 11 is 0. The molecule has 3 aromatic rings. The van der Waals surface area contributed by atoms with E-state index in [2.05, 4.69) is 25.5 Å². The van der Waals surface area contributed by atoms with Gasteiger partial charge in [-0.3, -0.25) is 4.79 Å². The highest BCUT2D eigenvalue weighted by Crippen LogP contribution is 2.40. The molecular formula is C20H17F4N7O. The number of rotatable bonds is 4. The van der Waals surface area contributed by atoms with Gasteiger partial charge in [-0.05, 0) is 30.9 Å². The van der Waals surface area contributed by atoms with Crippen LogP contribution in [0.5, 0.6) is 0 Å². The number of alkyl halides is 3. The van der Waals surface area contributed by atoms with Crippen molar-refractivity contribution in [1.29, 1.82) is 0 Å². The van der Waals surface area contributed by atoms with Gasteiger partial charge in [-0.15, -0.1) is 0 Å². The summed E-state index contributed by atoms with van der Waals surface area (Å²) in [7, 11) is 0. The first-order valence-electron chi connectivity index (χ1n) is 9.93. The first-order chi connectivity index (χ1) is 15.3. The quantitative estimate of drug-likeness (QED) is 0.619. The highest BCUT2D eigenvalue weighted by Gasteiger charge is 2.48. The maximum atomic E-state index is 14.7. The number of anilines is 1. The van der Waals surface area contributed by atoms with Gasteiger partial charge in [0, 0.05) is 12.6 Å². The minimum Gasteiger partial charge on any atom is -0.364 e. The van der Waals surface area contributed by atoms with E-state index in [1.165, 1.54) is 29.3 Å². The van der Waals surface area contributed by atoms with Gasteiger partial charge < -0.3 is 10.2 Å². The van der Waals surface area contributed by atoms with Crippen molar-refractivity contribution in [3.63, 3.8) is 0 Å². The van der Waals surface area contributed by atoms with Crippen LogP contribution in [-0.4, -0.2) is 54.4 Å². The average Bonchev–Trinajstić information content (AvgIpc) is 3.50. The zero-order valence-electron chi connectivity index (χ0n) is 16.5. The number of piperidine rings is 1. The van der Waals surface area contributed by atoms with Crippen LogP contribution in [0.3, 0.4) is 0 Å². The van der Waals surface area contributed by atoms with Gasteiger partial charge in [-0.2, -0.15) is 28.2 Å². The molecule has 1 saturated heterocycles. The maximum absolute atomic E-state index is 14.7. The number of halogens is 4.